The molecule has 1 atom stereocenters. The van der Waals surface area contributed by atoms with Crippen molar-refractivity contribution in [1.29, 1.82) is 0 Å². The van der Waals surface area contributed by atoms with E-state index >= 15 is 0 Å². The first-order chi connectivity index (χ1) is 14.9. The van der Waals surface area contributed by atoms with Gasteiger partial charge in [0.1, 0.15) is 11.6 Å². The summed E-state index contributed by atoms with van der Waals surface area (Å²) >= 11 is 0. The quantitative estimate of drug-likeness (QED) is 0.633. The highest BCUT2D eigenvalue weighted by molar-refractivity contribution is 7.94. The molecule has 2 heterocycles. The summed E-state index contributed by atoms with van der Waals surface area (Å²) in [5.74, 6) is -2.75. The molecule has 6 nitrogen and oxygen atoms in total. The third kappa shape index (κ3) is 2.58. The lowest BCUT2D eigenvalue weighted by atomic mass is 10.0. The minimum absolute atomic E-state index is 0.156. The Kier molecular flexibility index (Phi) is 4.23. The number of hydrogen-bond donors (Lipinski definition) is 0. The van der Waals surface area contributed by atoms with Gasteiger partial charge in [0.15, 0.2) is 9.84 Å². The predicted molar refractivity (Wildman–Crippen MR) is 113 cm³/mol. The number of halogens is 1. The van der Waals surface area contributed by atoms with Crippen LogP contribution in [0.4, 0.5) is 15.8 Å². The molecule has 3 aromatic carbocycles. The molecule has 3 aromatic rings. The molecular weight excluding hydrogens is 419 g/mol. The van der Waals surface area contributed by atoms with Crippen LogP contribution in [0, 0.1) is 5.82 Å². The summed E-state index contributed by atoms with van der Waals surface area (Å²) in [7, 11) is -4.24. The van der Waals surface area contributed by atoms with Crippen molar-refractivity contribution in [3.63, 3.8) is 0 Å². The number of hydrogen-bond acceptors (Lipinski definition) is 4. The Balaban J connectivity index is 1.75. The first-order valence-corrected chi connectivity index (χ1v) is 11.3. The summed E-state index contributed by atoms with van der Waals surface area (Å²) in [6, 6.07) is 20.7. The molecule has 5 rings (SSSR count). The second-order valence-corrected chi connectivity index (χ2v) is 9.58. The van der Waals surface area contributed by atoms with Gasteiger partial charge in [0.2, 0.25) is 5.91 Å². The van der Waals surface area contributed by atoms with Crippen molar-refractivity contribution in [3.05, 3.63) is 95.8 Å². The van der Waals surface area contributed by atoms with E-state index in [1.165, 1.54) is 17.0 Å². The van der Waals surface area contributed by atoms with Gasteiger partial charge >= 0.3 is 0 Å². The lowest BCUT2D eigenvalue weighted by Crippen LogP contribution is -2.54. The zero-order valence-electron chi connectivity index (χ0n) is 16.2. The summed E-state index contributed by atoms with van der Waals surface area (Å²) < 4.78 is 41.2. The van der Waals surface area contributed by atoms with Crippen LogP contribution in [0.5, 0.6) is 0 Å². The van der Waals surface area contributed by atoms with E-state index in [-0.39, 0.29) is 17.7 Å². The maximum absolute atomic E-state index is 14.3. The lowest BCUT2D eigenvalue weighted by molar-refractivity contribution is -0.123. The number of carbonyl (C=O) groups excluding carboxylic acids is 2. The number of rotatable bonds is 3. The van der Waals surface area contributed by atoms with Crippen LogP contribution in [0.1, 0.15) is 11.1 Å². The largest absolute Gasteiger partial charge is 0.304 e. The molecule has 0 bridgehead atoms. The maximum Gasteiger partial charge on any atom is 0.274 e. The first-order valence-electron chi connectivity index (χ1n) is 9.63. The van der Waals surface area contributed by atoms with E-state index in [0.717, 1.165) is 4.90 Å². The molecule has 0 aliphatic carbocycles. The smallest absolute Gasteiger partial charge is 0.274 e. The molecule has 2 aliphatic rings. The zero-order valence-corrected chi connectivity index (χ0v) is 17.0. The number of para-hydroxylation sites is 2. The highest BCUT2D eigenvalue weighted by atomic mass is 32.2. The van der Waals surface area contributed by atoms with E-state index in [0.29, 0.717) is 11.4 Å². The monoisotopic (exact) mass is 436 g/mol. The van der Waals surface area contributed by atoms with Crippen molar-refractivity contribution < 1.29 is 22.4 Å². The molecular formula is C23H17FN2O4S. The number of sulfone groups is 1. The van der Waals surface area contributed by atoms with Crippen LogP contribution in [0.25, 0.3) is 0 Å². The van der Waals surface area contributed by atoms with Crippen molar-refractivity contribution in [3.8, 4) is 0 Å². The average molecular weight is 436 g/mol. The molecule has 0 radical (unpaired) electrons. The zero-order chi connectivity index (χ0) is 21.8. The number of amides is 2. The third-order valence-corrected chi connectivity index (χ3v) is 7.83. The normalized spacial score (nSPS) is 21.7. The maximum atomic E-state index is 14.3. The first kappa shape index (κ1) is 19.4. The molecule has 8 heteroatoms. The molecule has 0 N–H and O–H groups in total. The molecule has 2 aliphatic heterocycles. The van der Waals surface area contributed by atoms with Crippen LogP contribution in [0.3, 0.4) is 0 Å². The van der Waals surface area contributed by atoms with Crippen LogP contribution in [-0.2, 0) is 30.8 Å². The van der Waals surface area contributed by atoms with Gasteiger partial charge in [-0.15, -0.1) is 0 Å². The Morgan fingerprint density at radius 1 is 0.871 bits per heavy atom. The number of anilines is 2. The molecule has 1 fully saturated rings. The number of fused-ring (bicyclic) bond motifs is 2. The minimum Gasteiger partial charge on any atom is -0.304 e. The van der Waals surface area contributed by atoms with Crippen LogP contribution < -0.4 is 9.80 Å². The Morgan fingerprint density at radius 3 is 2.26 bits per heavy atom. The fraction of sp³-hybridized carbons (Fsp3) is 0.130. The van der Waals surface area contributed by atoms with Crippen molar-refractivity contribution in [2.24, 2.45) is 0 Å². The van der Waals surface area contributed by atoms with Gasteiger partial charge in [-0.05, 0) is 24.3 Å². The molecule has 156 valence electrons. The van der Waals surface area contributed by atoms with Gasteiger partial charge in [-0.1, -0.05) is 54.6 Å². The Hall–Kier alpha value is -3.52. The molecule has 1 spiro atoms. The summed E-state index contributed by atoms with van der Waals surface area (Å²) in [5, 5.41) is 0. The van der Waals surface area contributed by atoms with E-state index in [9.17, 15) is 22.4 Å². The lowest BCUT2D eigenvalue weighted by Gasteiger charge is -2.32. The fourth-order valence-electron chi connectivity index (χ4n) is 4.42. The fourth-order valence-corrected chi connectivity index (χ4v) is 6.46. The van der Waals surface area contributed by atoms with Crippen LogP contribution in [0.15, 0.2) is 78.9 Å². The van der Waals surface area contributed by atoms with Crippen molar-refractivity contribution in [2.75, 3.05) is 15.6 Å². The predicted octanol–water partition coefficient (Wildman–Crippen LogP) is 2.99. The highest BCUT2D eigenvalue weighted by Crippen LogP contribution is 2.52. The van der Waals surface area contributed by atoms with Gasteiger partial charge < -0.3 is 4.90 Å². The average Bonchev–Trinajstić information content (AvgIpc) is 3.13. The van der Waals surface area contributed by atoms with Crippen LogP contribution >= 0.6 is 0 Å². The van der Waals surface area contributed by atoms with Crippen molar-refractivity contribution in [2.45, 2.75) is 11.4 Å². The van der Waals surface area contributed by atoms with Crippen LogP contribution in [-0.4, -0.2) is 26.0 Å². The summed E-state index contributed by atoms with van der Waals surface area (Å²) in [5.41, 5.74) is 1.10. The van der Waals surface area contributed by atoms with Crippen molar-refractivity contribution >= 4 is 33.0 Å². The van der Waals surface area contributed by atoms with E-state index in [2.05, 4.69) is 0 Å². The molecule has 2 amide bonds. The Bertz CT molecular complexity index is 1330. The van der Waals surface area contributed by atoms with Crippen LogP contribution in [0.2, 0.25) is 0 Å². The van der Waals surface area contributed by atoms with Gasteiger partial charge in [-0.25, -0.2) is 12.8 Å². The number of nitrogens with zero attached hydrogens (tertiary/aromatic N) is 2. The molecule has 31 heavy (non-hydrogen) atoms. The second-order valence-electron chi connectivity index (χ2n) is 7.47. The second kappa shape index (κ2) is 6.75. The minimum atomic E-state index is -4.24. The Morgan fingerprint density at radius 2 is 1.52 bits per heavy atom. The van der Waals surface area contributed by atoms with E-state index in [4.69, 9.17) is 0 Å². The van der Waals surface area contributed by atoms with E-state index in [1.807, 2.05) is 0 Å². The standard InChI is InChI=1S/C23H17FN2O4S/c24-19-12-6-4-8-16(19)14-25-20-13-7-5-11-18(20)23(22(25)28)26(17-9-2-1-3-10-17)21(27)15-31(23,29)30/h1-13H,14-15H2. The SMILES string of the molecule is O=C1CS(=O)(=O)C2(C(=O)N(Cc3ccccc3F)c3ccccc32)N1c1ccccc1. The summed E-state index contributed by atoms with van der Waals surface area (Å²) in [4.78, 5) is 26.9. The van der Waals surface area contributed by atoms with Gasteiger partial charge in [-0.3, -0.25) is 14.5 Å². The summed E-state index contributed by atoms with van der Waals surface area (Å²) in [6.45, 7) is -0.156. The van der Waals surface area contributed by atoms with Gasteiger partial charge in [0.05, 0.1) is 12.2 Å². The Labute approximate surface area is 178 Å². The molecule has 1 saturated heterocycles. The molecule has 0 aromatic heterocycles. The van der Waals surface area contributed by atoms with Gasteiger partial charge in [-0.2, -0.15) is 0 Å². The van der Waals surface area contributed by atoms with E-state index in [1.54, 1.807) is 66.7 Å². The van der Waals surface area contributed by atoms with E-state index < -0.39 is 38.1 Å². The summed E-state index contributed by atoms with van der Waals surface area (Å²) in [6.07, 6.45) is 0. The van der Waals surface area contributed by atoms with Gasteiger partial charge in [0, 0.05) is 16.8 Å². The highest BCUT2D eigenvalue weighted by Gasteiger charge is 2.69. The van der Waals surface area contributed by atoms with Crippen molar-refractivity contribution in [1.82, 2.24) is 0 Å². The molecule has 1 unspecified atom stereocenters. The molecule has 0 saturated carbocycles. The number of benzene rings is 3. The topological polar surface area (TPSA) is 74.8 Å². The third-order valence-electron chi connectivity index (χ3n) is 5.72. The number of carbonyl (C=O) groups is 2. The van der Waals surface area contributed by atoms with Gasteiger partial charge in [0.25, 0.3) is 10.8 Å².